The molecule has 0 atom stereocenters. The maximum atomic E-state index is 13.9. The number of rotatable bonds is 3. The average Bonchev–Trinajstić information content (AvgIpc) is 2.83. The van der Waals surface area contributed by atoms with Crippen molar-refractivity contribution < 1.29 is 27.1 Å². The van der Waals surface area contributed by atoms with Crippen molar-refractivity contribution in [3.63, 3.8) is 0 Å². The van der Waals surface area contributed by atoms with Gasteiger partial charge in [-0.3, -0.25) is 0 Å². The summed E-state index contributed by atoms with van der Waals surface area (Å²) in [6, 6.07) is 3.83. The van der Waals surface area contributed by atoms with E-state index in [0.29, 0.717) is 10.7 Å². The van der Waals surface area contributed by atoms with Crippen molar-refractivity contribution in [3.05, 3.63) is 41.5 Å². The number of alkyl halides is 3. The quantitative estimate of drug-likeness (QED) is 0.537. The molecule has 0 saturated carbocycles. The SMILES string of the molecule is CCOC(=O)c1cc(C(F)(F)F)nn1-c1ccc(N)cc1F. The molecule has 0 spiro atoms. The Labute approximate surface area is 122 Å². The predicted molar refractivity (Wildman–Crippen MR) is 68.9 cm³/mol. The van der Waals surface area contributed by atoms with E-state index in [-0.39, 0.29) is 18.0 Å². The van der Waals surface area contributed by atoms with Crippen molar-refractivity contribution in [3.8, 4) is 5.69 Å². The molecule has 0 unspecified atom stereocenters. The number of halogens is 4. The van der Waals surface area contributed by atoms with Gasteiger partial charge in [0.2, 0.25) is 0 Å². The molecule has 1 aromatic carbocycles. The highest BCUT2D eigenvalue weighted by molar-refractivity contribution is 5.88. The van der Waals surface area contributed by atoms with Gasteiger partial charge in [0.1, 0.15) is 5.69 Å². The first kappa shape index (κ1) is 15.8. The van der Waals surface area contributed by atoms with Gasteiger partial charge in [-0.1, -0.05) is 0 Å². The molecule has 5 nitrogen and oxygen atoms in total. The fourth-order valence-corrected chi connectivity index (χ4v) is 1.75. The van der Waals surface area contributed by atoms with Gasteiger partial charge < -0.3 is 10.5 Å². The summed E-state index contributed by atoms with van der Waals surface area (Å²) in [5.74, 6) is -1.95. The van der Waals surface area contributed by atoms with Crippen LogP contribution in [0.25, 0.3) is 5.69 Å². The number of hydrogen-bond donors (Lipinski definition) is 1. The predicted octanol–water partition coefficient (Wildman–Crippen LogP) is 2.79. The Balaban J connectivity index is 2.62. The number of ether oxygens (including phenoxy) is 1. The molecule has 1 aromatic heterocycles. The topological polar surface area (TPSA) is 70.1 Å². The highest BCUT2D eigenvalue weighted by Gasteiger charge is 2.36. The van der Waals surface area contributed by atoms with Crippen molar-refractivity contribution in [2.75, 3.05) is 12.3 Å². The lowest BCUT2D eigenvalue weighted by molar-refractivity contribution is -0.141. The molecule has 0 aliphatic heterocycles. The van der Waals surface area contributed by atoms with Crippen LogP contribution in [0.1, 0.15) is 23.1 Å². The zero-order valence-corrected chi connectivity index (χ0v) is 11.3. The number of nitrogen functional groups attached to an aromatic ring is 1. The minimum Gasteiger partial charge on any atom is -0.461 e. The molecule has 1 heterocycles. The van der Waals surface area contributed by atoms with Gasteiger partial charge in [0.05, 0.1) is 6.61 Å². The molecule has 0 amide bonds. The lowest BCUT2D eigenvalue weighted by Crippen LogP contribution is -2.13. The molecule has 2 rings (SSSR count). The van der Waals surface area contributed by atoms with Crippen LogP contribution in [0.3, 0.4) is 0 Å². The van der Waals surface area contributed by atoms with Crippen LogP contribution in [0, 0.1) is 5.82 Å². The first-order chi connectivity index (χ1) is 10.2. The summed E-state index contributed by atoms with van der Waals surface area (Å²) < 4.78 is 57.4. The molecule has 22 heavy (non-hydrogen) atoms. The molecule has 0 saturated heterocycles. The smallest absolute Gasteiger partial charge is 0.435 e. The number of esters is 1. The molecule has 118 valence electrons. The van der Waals surface area contributed by atoms with Crippen LogP contribution in [-0.2, 0) is 10.9 Å². The van der Waals surface area contributed by atoms with Gasteiger partial charge >= 0.3 is 12.1 Å². The number of hydrogen-bond acceptors (Lipinski definition) is 4. The number of anilines is 1. The Bertz CT molecular complexity index is 710. The van der Waals surface area contributed by atoms with E-state index in [0.717, 1.165) is 12.1 Å². The fourth-order valence-electron chi connectivity index (χ4n) is 1.75. The Hall–Kier alpha value is -2.58. The second-order valence-corrected chi connectivity index (χ2v) is 4.26. The fraction of sp³-hybridized carbons (Fsp3) is 0.231. The zero-order valence-electron chi connectivity index (χ0n) is 11.3. The largest absolute Gasteiger partial charge is 0.461 e. The molecular formula is C13H11F4N3O2. The van der Waals surface area contributed by atoms with Crippen molar-refractivity contribution in [2.45, 2.75) is 13.1 Å². The molecule has 0 radical (unpaired) electrons. The van der Waals surface area contributed by atoms with Crippen molar-refractivity contribution in [1.82, 2.24) is 9.78 Å². The van der Waals surface area contributed by atoms with E-state index < -0.39 is 29.4 Å². The number of benzene rings is 1. The third-order valence-electron chi connectivity index (χ3n) is 2.68. The maximum Gasteiger partial charge on any atom is 0.435 e. The molecule has 0 fully saturated rings. The van der Waals surface area contributed by atoms with E-state index in [1.165, 1.54) is 13.0 Å². The van der Waals surface area contributed by atoms with Gasteiger partial charge in [0.15, 0.2) is 17.2 Å². The Kier molecular flexibility index (Phi) is 4.07. The van der Waals surface area contributed by atoms with E-state index in [9.17, 15) is 22.4 Å². The monoisotopic (exact) mass is 317 g/mol. The third kappa shape index (κ3) is 3.02. The summed E-state index contributed by atoms with van der Waals surface area (Å²) in [5.41, 5.74) is 3.27. The summed E-state index contributed by atoms with van der Waals surface area (Å²) in [6.07, 6.45) is -4.78. The van der Waals surface area contributed by atoms with Gasteiger partial charge in [0, 0.05) is 11.8 Å². The number of nitrogens with two attached hydrogens (primary N) is 1. The normalized spacial score (nSPS) is 11.5. The van der Waals surface area contributed by atoms with Crippen molar-refractivity contribution in [2.24, 2.45) is 0 Å². The summed E-state index contributed by atoms with van der Waals surface area (Å²) in [6.45, 7) is 1.45. The first-order valence-corrected chi connectivity index (χ1v) is 6.13. The van der Waals surface area contributed by atoms with Crippen LogP contribution in [0.2, 0.25) is 0 Å². The number of aromatic nitrogens is 2. The van der Waals surface area contributed by atoms with E-state index in [2.05, 4.69) is 9.84 Å². The van der Waals surface area contributed by atoms with E-state index in [1.807, 2.05) is 0 Å². The van der Waals surface area contributed by atoms with Crippen LogP contribution in [-0.4, -0.2) is 22.4 Å². The third-order valence-corrected chi connectivity index (χ3v) is 2.68. The highest BCUT2D eigenvalue weighted by atomic mass is 19.4. The second-order valence-electron chi connectivity index (χ2n) is 4.26. The van der Waals surface area contributed by atoms with Gasteiger partial charge in [-0.25, -0.2) is 13.9 Å². The Morgan fingerprint density at radius 2 is 2.05 bits per heavy atom. The first-order valence-electron chi connectivity index (χ1n) is 6.13. The van der Waals surface area contributed by atoms with Crippen LogP contribution in [0.4, 0.5) is 23.2 Å². The zero-order chi connectivity index (χ0) is 16.5. The second kappa shape index (κ2) is 5.66. The van der Waals surface area contributed by atoms with Crippen LogP contribution in [0.5, 0.6) is 0 Å². The van der Waals surface area contributed by atoms with Crippen molar-refractivity contribution >= 4 is 11.7 Å². The summed E-state index contributed by atoms with van der Waals surface area (Å²) in [4.78, 5) is 11.8. The maximum absolute atomic E-state index is 13.9. The van der Waals surface area contributed by atoms with Gasteiger partial charge in [-0.2, -0.15) is 18.3 Å². The lowest BCUT2D eigenvalue weighted by Gasteiger charge is -2.08. The number of nitrogens with zero attached hydrogens (tertiary/aromatic N) is 2. The molecule has 0 bridgehead atoms. The van der Waals surface area contributed by atoms with E-state index in [4.69, 9.17) is 5.73 Å². The molecule has 2 N–H and O–H groups in total. The minimum absolute atomic E-state index is 0.0460. The Morgan fingerprint density at radius 1 is 1.36 bits per heavy atom. The van der Waals surface area contributed by atoms with Crippen LogP contribution >= 0.6 is 0 Å². The van der Waals surface area contributed by atoms with Crippen molar-refractivity contribution in [1.29, 1.82) is 0 Å². The van der Waals surface area contributed by atoms with E-state index in [1.54, 1.807) is 0 Å². The number of carbonyl (C=O) groups excluding carboxylic acids is 1. The highest BCUT2D eigenvalue weighted by Crippen LogP contribution is 2.30. The molecular weight excluding hydrogens is 306 g/mol. The molecule has 2 aromatic rings. The lowest BCUT2D eigenvalue weighted by atomic mass is 10.2. The summed E-state index contributed by atoms with van der Waals surface area (Å²) in [5, 5.41) is 3.26. The van der Waals surface area contributed by atoms with Gasteiger partial charge in [-0.05, 0) is 25.1 Å². The molecule has 0 aliphatic carbocycles. The van der Waals surface area contributed by atoms with Gasteiger partial charge in [0.25, 0.3) is 0 Å². The Morgan fingerprint density at radius 3 is 2.59 bits per heavy atom. The summed E-state index contributed by atoms with van der Waals surface area (Å²) >= 11 is 0. The van der Waals surface area contributed by atoms with Crippen LogP contribution < -0.4 is 5.73 Å². The summed E-state index contributed by atoms with van der Waals surface area (Å²) in [7, 11) is 0. The van der Waals surface area contributed by atoms with E-state index >= 15 is 0 Å². The van der Waals surface area contributed by atoms with Gasteiger partial charge in [-0.15, -0.1) is 0 Å². The number of carbonyl (C=O) groups is 1. The van der Waals surface area contributed by atoms with Crippen LogP contribution in [0.15, 0.2) is 24.3 Å². The minimum atomic E-state index is -4.78. The standard InChI is InChI=1S/C13H11F4N3O2/c1-2-22-12(21)10-6-11(13(15,16)17)19-20(10)9-4-3-7(18)5-8(9)14/h3-6H,2,18H2,1H3. The molecule has 9 heteroatoms. The average molecular weight is 317 g/mol. The molecule has 0 aliphatic rings.